The summed E-state index contributed by atoms with van der Waals surface area (Å²) < 4.78 is 0. The van der Waals surface area contributed by atoms with Crippen LogP contribution in [0.2, 0.25) is 0 Å². The number of nitrogens with one attached hydrogen (secondary N) is 1. The van der Waals surface area contributed by atoms with Crippen molar-refractivity contribution in [3.8, 4) is 0 Å². The maximum atomic E-state index is 10.8. The van der Waals surface area contributed by atoms with Gasteiger partial charge in [0.25, 0.3) is 0 Å². The van der Waals surface area contributed by atoms with E-state index in [1.807, 2.05) is 18.2 Å². The van der Waals surface area contributed by atoms with Crippen LogP contribution in [0.15, 0.2) is 37.1 Å². The van der Waals surface area contributed by atoms with Crippen molar-refractivity contribution in [1.29, 1.82) is 0 Å². The zero-order chi connectivity index (χ0) is 15.0. The molecule has 7 nitrogen and oxygen atoms in total. The van der Waals surface area contributed by atoms with Crippen molar-refractivity contribution < 1.29 is 5.11 Å². The number of hydrogen-bond donors (Lipinski definition) is 2. The van der Waals surface area contributed by atoms with Crippen LogP contribution >= 0.6 is 0 Å². The van der Waals surface area contributed by atoms with Crippen molar-refractivity contribution in [2.75, 3.05) is 18.0 Å². The summed E-state index contributed by atoms with van der Waals surface area (Å²) in [5, 5.41) is 10.8. The third kappa shape index (κ3) is 2.10. The number of aromatic nitrogens is 5. The molecule has 0 spiro atoms. The summed E-state index contributed by atoms with van der Waals surface area (Å²) in [6, 6.07) is 5.65. The van der Waals surface area contributed by atoms with Crippen LogP contribution < -0.4 is 4.90 Å². The Balaban J connectivity index is 1.58. The van der Waals surface area contributed by atoms with Gasteiger partial charge in [-0.05, 0) is 25.0 Å². The zero-order valence-corrected chi connectivity index (χ0v) is 12.0. The van der Waals surface area contributed by atoms with Gasteiger partial charge < -0.3 is 15.0 Å². The van der Waals surface area contributed by atoms with E-state index in [1.54, 1.807) is 12.5 Å². The lowest BCUT2D eigenvalue weighted by molar-refractivity contribution is 0.00753. The Kier molecular flexibility index (Phi) is 3.00. The van der Waals surface area contributed by atoms with E-state index >= 15 is 0 Å². The molecule has 112 valence electrons. The van der Waals surface area contributed by atoms with Gasteiger partial charge in [-0.25, -0.2) is 15.0 Å². The Hall–Kier alpha value is -2.54. The summed E-state index contributed by atoms with van der Waals surface area (Å²) in [4.78, 5) is 22.2. The molecule has 0 atom stereocenters. The summed E-state index contributed by atoms with van der Waals surface area (Å²) in [5.74, 6) is 0.838. The van der Waals surface area contributed by atoms with Gasteiger partial charge in [0, 0.05) is 19.3 Å². The summed E-state index contributed by atoms with van der Waals surface area (Å²) in [7, 11) is 0. The van der Waals surface area contributed by atoms with Gasteiger partial charge in [0.2, 0.25) is 0 Å². The molecule has 1 aliphatic rings. The molecule has 1 aliphatic heterocycles. The smallest absolute Gasteiger partial charge is 0.182 e. The van der Waals surface area contributed by atoms with Crippen molar-refractivity contribution in [3.63, 3.8) is 0 Å². The Bertz CT molecular complexity index is 779. The largest absolute Gasteiger partial charge is 0.383 e. The fourth-order valence-electron chi connectivity index (χ4n) is 2.97. The first kappa shape index (κ1) is 13.1. The van der Waals surface area contributed by atoms with E-state index in [0.29, 0.717) is 31.6 Å². The number of imidazole rings is 1. The van der Waals surface area contributed by atoms with Crippen LogP contribution in [0.3, 0.4) is 0 Å². The molecule has 0 aromatic carbocycles. The van der Waals surface area contributed by atoms with Crippen molar-refractivity contribution in [2.24, 2.45) is 0 Å². The number of rotatable bonds is 2. The van der Waals surface area contributed by atoms with Crippen LogP contribution in [0.25, 0.3) is 11.2 Å². The number of hydrogen-bond acceptors (Lipinski definition) is 6. The number of anilines is 1. The molecule has 0 aliphatic carbocycles. The third-order valence-corrected chi connectivity index (χ3v) is 4.23. The first-order chi connectivity index (χ1) is 10.8. The van der Waals surface area contributed by atoms with Crippen molar-refractivity contribution in [3.05, 3.63) is 42.7 Å². The number of aromatic amines is 1. The Labute approximate surface area is 127 Å². The molecule has 3 aromatic rings. The highest BCUT2D eigenvalue weighted by Crippen LogP contribution is 2.33. The Morgan fingerprint density at radius 3 is 2.73 bits per heavy atom. The quantitative estimate of drug-likeness (QED) is 0.739. The lowest BCUT2D eigenvalue weighted by Crippen LogP contribution is -2.43. The van der Waals surface area contributed by atoms with Crippen molar-refractivity contribution in [2.45, 2.75) is 18.4 Å². The predicted molar refractivity (Wildman–Crippen MR) is 81.3 cm³/mol. The number of pyridine rings is 1. The highest BCUT2D eigenvalue weighted by atomic mass is 16.3. The lowest BCUT2D eigenvalue weighted by Gasteiger charge is -2.38. The lowest BCUT2D eigenvalue weighted by atomic mass is 9.88. The average Bonchev–Trinajstić information content (AvgIpc) is 3.05. The van der Waals surface area contributed by atoms with Crippen molar-refractivity contribution in [1.82, 2.24) is 24.9 Å². The van der Waals surface area contributed by atoms with Crippen LogP contribution in [0.4, 0.5) is 5.82 Å². The molecule has 7 heteroatoms. The van der Waals surface area contributed by atoms with Crippen LogP contribution in [0, 0.1) is 0 Å². The Morgan fingerprint density at radius 2 is 1.95 bits per heavy atom. The second kappa shape index (κ2) is 5.03. The summed E-state index contributed by atoms with van der Waals surface area (Å²) in [6.07, 6.45) is 6.10. The fraction of sp³-hybridized carbons (Fsp3) is 0.333. The number of fused-ring (bicyclic) bond motifs is 1. The van der Waals surface area contributed by atoms with Crippen LogP contribution in [-0.4, -0.2) is 43.1 Å². The normalized spacial score (nSPS) is 17.8. The molecule has 4 rings (SSSR count). The van der Waals surface area contributed by atoms with Gasteiger partial charge in [-0.15, -0.1) is 0 Å². The van der Waals surface area contributed by atoms with Gasteiger partial charge in [0.05, 0.1) is 12.0 Å². The van der Waals surface area contributed by atoms with Crippen LogP contribution in [0.1, 0.15) is 18.5 Å². The predicted octanol–water partition coefficient (Wildman–Crippen LogP) is 1.24. The van der Waals surface area contributed by atoms with E-state index in [9.17, 15) is 5.11 Å². The molecule has 0 saturated carbocycles. The minimum Gasteiger partial charge on any atom is -0.383 e. The first-order valence-corrected chi connectivity index (χ1v) is 7.29. The molecule has 3 aromatic heterocycles. The molecular weight excluding hydrogens is 280 g/mol. The fourth-order valence-corrected chi connectivity index (χ4v) is 2.97. The van der Waals surface area contributed by atoms with Gasteiger partial charge in [0.15, 0.2) is 11.5 Å². The SMILES string of the molecule is OC1(c2ccccn2)CCN(c2ncnc3nc[nH]c23)CC1. The van der Waals surface area contributed by atoms with E-state index in [4.69, 9.17) is 0 Å². The standard InChI is InChI=1S/C15H16N6O/c22-15(11-3-1-2-6-16-11)4-7-21(8-5-15)14-12-13(18-9-17-12)19-10-20-14/h1-3,6,9-10,22H,4-5,7-8H2,(H,17,18,19,20). The first-order valence-electron chi connectivity index (χ1n) is 7.29. The molecular formula is C15H16N6O. The van der Waals surface area contributed by atoms with Gasteiger partial charge in [-0.1, -0.05) is 6.07 Å². The van der Waals surface area contributed by atoms with E-state index in [0.717, 1.165) is 17.0 Å². The van der Waals surface area contributed by atoms with E-state index in [2.05, 4.69) is 29.8 Å². The third-order valence-electron chi connectivity index (χ3n) is 4.23. The topological polar surface area (TPSA) is 90.8 Å². The van der Waals surface area contributed by atoms with Crippen molar-refractivity contribution >= 4 is 17.0 Å². The molecule has 1 saturated heterocycles. The minimum absolute atomic E-state index is 0.615. The van der Waals surface area contributed by atoms with Crippen LogP contribution in [-0.2, 0) is 5.60 Å². The van der Waals surface area contributed by atoms with Gasteiger partial charge in [0.1, 0.15) is 17.4 Å². The maximum Gasteiger partial charge on any atom is 0.182 e. The molecule has 4 heterocycles. The molecule has 2 N–H and O–H groups in total. The number of aliphatic hydroxyl groups is 1. The average molecular weight is 296 g/mol. The van der Waals surface area contributed by atoms with Gasteiger partial charge in [-0.3, -0.25) is 4.98 Å². The Morgan fingerprint density at radius 1 is 1.09 bits per heavy atom. The van der Waals surface area contributed by atoms with Gasteiger partial charge >= 0.3 is 0 Å². The summed E-state index contributed by atoms with van der Waals surface area (Å²) in [5.41, 5.74) is 1.38. The van der Waals surface area contributed by atoms with E-state index < -0.39 is 5.60 Å². The summed E-state index contributed by atoms with van der Waals surface area (Å²) in [6.45, 7) is 1.41. The minimum atomic E-state index is -0.863. The number of H-pyrrole nitrogens is 1. The molecule has 0 radical (unpaired) electrons. The van der Waals surface area contributed by atoms with Crippen LogP contribution in [0.5, 0.6) is 0 Å². The number of nitrogens with zero attached hydrogens (tertiary/aromatic N) is 5. The highest BCUT2D eigenvalue weighted by Gasteiger charge is 2.35. The number of piperidine rings is 1. The molecule has 0 amide bonds. The molecule has 22 heavy (non-hydrogen) atoms. The van der Waals surface area contributed by atoms with E-state index in [1.165, 1.54) is 6.33 Å². The summed E-state index contributed by atoms with van der Waals surface area (Å²) >= 11 is 0. The molecule has 0 unspecified atom stereocenters. The monoisotopic (exact) mass is 296 g/mol. The second-order valence-corrected chi connectivity index (χ2v) is 5.53. The molecule has 1 fully saturated rings. The maximum absolute atomic E-state index is 10.8. The second-order valence-electron chi connectivity index (χ2n) is 5.53. The highest BCUT2D eigenvalue weighted by molar-refractivity contribution is 5.82. The van der Waals surface area contributed by atoms with Gasteiger partial charge in [-0.2, -0.15) is 0 Å². The zero-order valence-electron chi connectivity index (χ0n) is 12.0. The molecule has 0 bridgehead atoms. The van der Waals surface area contributed by atoms with E-state index in [-0.39, 0.29) is 0 Å².